The topological polar surface area (TPSA) is 116 Å². The molecule has 10 heteroatoms. The van der Waals surface area contributed by atoms with E-state index in [0.717, 1.165) is 38.4 Å². The van der Waals surface area contributed by atoms with Gasteiger partial charge in [0.15, 0.2) is 0 Å². The van der Waals surface area contributed by atoms with Gasteiger partial charge in [0.25, 0.3) is 5.91 Å². The molecule has 1 heterocycles. The van der Waals surface area contributed by atoms with Crippen LogP contribution in [-0.2, 0) is 14.8 Å². The van der Waals surface area contributed by atoms with Crippen LogP contribution in [0.5, 0.6) is 5.75 Å². The van der Waals surface area contributed by atoms with Crippen LogP contribution >= 0.6 is 0 Å². The van der Waals surface area contributed by atoms with E-state index in [2.05, 4.69) is 5.32 Å². The molecule has 2 amide bonds. The number of nitrogens with zero attached hydrogens (tertiary/aromatic N) is 2. The summed E-state index contributed by atoms with van der Waals surface area (Å²) >= 11 is 0. The van der Waals surface area contributed by atoms with E-state index < -0.39 is 22.2 Å². The van der Waals surface area contributed by atoms with Crippen molar-refractivity contribution < 1.29 is 27.9 Å². The zero-order valence-corrected chi connectivity index (χ0v) is 21.3. The van der Waals surface area contributed by atoms with Gasteiger partial charge >= 0.3 is 0 Å². The minimum absolute atomic E-state index is 0.0228. The Hall–Kier alpha value is -2.17. The lowest BCUT2D eigenvalue weighted by Gasteiger charge is -2.38. The van der Waals surface area contributed by atoms with Gasteiger partial charge < -0.3 is 20.1 Å². The summed E-state index contributed by atoms with van der Waals surface area (Å²) in [7, 11) is -1.92. The molecule has 1 aliphatic heterocycles. The van der Waals surface area contributed by atoms with Crippen molar-refractivity contribution >= 4 is 27.5 Å². The second kappa shape index (κ2) is 11.0. The van der Waals surface area contributed by atoms with Crippen molar-refractivity contribution in [2.75, 3.05) is 38.3 Å². The Morgan fingerprint density at radius 2 is 1.97 bits per heavy atom. The normalized spacial score (nSPS) is 23.0. The molecule has 1 aliphatic carbocycles. The Labute approximate surface area is 202 Å². The predicted octanol–water partition coefficient (Wildman–Crippen LogP) is 2.32. The fourth-order valence-electron chi connectivity index (χ4n) is 4.52. The Morgan fingerprint density at radius 1 is 1.29 bits per heavy atom. The molecular formula is C24H37N3O6S. The van der Waals surface area contributed by atoms with Crippen molar-refractivity contribution in [1.29, 1.82) is 0 Å². The Kier molecular flexibility index (Phi) is 8.59. The molecule has 2 N–H and O–H groups in total. The van der Waals surface area contributed by atoms with Gasteiger partial charge in [-0.1, -0.05) is 26.2 Å². The number of carbonyl (C=O) groups excluding carboxylic acids is 2. The van der Waals surface area contributed by atoms with E-state index in [9.17, 15) is 23.1 Å². The van der Waals surface area contributed by atoms with E-state index >= 15 is 0 Å². The van der Waals surface area contributed by atoms with Crippen LogP contribution in [0.15, 0.2) is 18.2 Å². The van der Waals surface area contributed by atoms with Gasteiger partial charge in [-0.2, -0.15) is 0 Å². The summed E-state index contributed by atoms with van der Waals surface area (Å²) in [6.07, 6.45) is 5.61. The van der Waals surface area contributed by atoms with Crippen molar-refractivity contribution in [3.8, 4) is 5.75 Å². The SMILES string of the molecule is C[C@@H]1CN([C@@H](C)CO)C(=O)c2cc(NC(=O)C3CCCCC3)ccc2O[C@H]1CN(C)S(C)(=O)=O. The lowest BCUT2D eigenvalue weighted by molar-refractivity contribution is -0.120. The molecule has 1 fully saturated rings. The largest absolute Gasteiger partial charge is 0.488 e. The standard InChI is InChI=1S/C24H37N3O6S/c1-16-13-27(17(2)15-28)24(30)20-12-19(25-23(29)18-8-6-5-7-9-18)10-11-21(20)33-22(16)14-26(3)34(4,31)32/h10-12,16-18,22,28H,5-9,13-15H2,1-4H3,(H,25,29)/t16-,17+,22+/m1/s1. The average molecular weight is 496 g/mol. The highest BCUT2D eigenvalue weighted by atomic mass is 32.2. The molecule has 34 heavy (non-hydrogen) atoms. The monoisotopic (exact) mass is 495 g/mol. The summed E-state index contributed by atoms with van der Waals surface area (Å²) in [5, 5.41) is 12.7. The summed E-state index contributed by atoms with van der Waals surface area (Å²) in [6.45, 7) is 3.87. The van der Waals surface area contributed by atoms with Crippen LogP contribution in [0.2, 0.25) is 0 Å². The number of nitrogens with one attached hydrogen (secondary N) is 1. The van der Waals surface area contributed by atoms with Crippen molar-refractivity contribution in [3.05, 3.63) is 23.8 Å². The van der Waals surface area contributed by atoms with Crippen LogP contribution in [0.4, 0.5) is 5.69 Å². The summed E-state index contributed by atoms with van der Waals surface area (Å²) in [6, 6.07) is 4.53. The first-order chi connectivity index (χ1) is 16.0. The van der Waals surface area contributed by atoms with Crippen molar-refractivity contribution in [2.24, 2.45) is 11.8 Å². The van der Waals surface area contributed by atoms with Crippen LogP contribution in [0, 0.1) is 11.8 Å². The molecule has 0 unspecified atom stereocenters. The molecule has 2 aliphatic rings. The first kappa shape index (κ1) is 26.4. The number of aliphatic hydroxyl groups excluding tert-OH is 1. The second-order valence-corrected chi connectivity index (χ2v) is 11.8. The minimum atomic E-state index is -3.42. The maximum atomic E-state index is 13.5. The molecule has 0 radical (unpaired) electrons. The molecule has 3 atom stereocenters. The van der Waals surface area contributed by atoms with E-state index in [0.29, 0.717) is 18.0 Å². The van der Waals surface area contributed by atoms with Crippen molar-refractivity contribution in [1.82, 2.24) is 9.21 Å². The number of carbonyl (C=O) groups is 2. The number of hydrogen-bond acceptors (Lipinski definition) is 6. The molecule has 0 saturated heterocycles. The van der Waals surface area contributed by atoms with Crippen LogP contribution in [0.25, 0.3) is 0 Å². The number of likely N-dealkylation sites (N-methyl/N-ethyl adjacent to an activating group) is 1. The average Bonchev–Trinajstić information content (AvgIpc) is 2.81. The first-order valence-electron chi connectivity index (χ1n) is 12.0. The van der Waals surface area contributed by atoms with E-state index in [1.165, 1.54) is 11.4 Å². The number of sulfonamides is 1. The Balaban J connectivity index is 1.92. The van der Waals surface area contributed by atoms with Gasteiger partial charge in [-0.05, 0) is 38.0 Å². The lowest BCUT2D eigenvalue weighted by atomic mass is 9.88. The van der Waals surface area contributed by atoms with Gasteiger partial charge in [0.2, 0.25) is 15.9 Å². The highest BCUT2D eigenvalue weighted by molar-refractivity contribution is 7.88. The fraction of sp³-hybridized carbons (Fsp3) is 0.667. The molecule has 1 saturated carbocycles. The van der Waals surface area contributed by atoms with Gasteiger partial charge in [0, 0.05) is 31.1 Å². The van der Waals surface area contributed by atoms with E-state index in [1.807, 2.05) is 6.92 Å². The molecule has 1 aromatic carbocycles. The number of aliphatic hydroxyl groups is 1. The minimum Gasteiger partial charge on any atom is -0.488 e. The quantitative estimate of drug-likeness (QED) is 0.600. The zero-order valence-electron chi connectivity index (χ0n) is 20.5. The van der Waals surface area contributed by atoms with Crippen LogP contribution in [-0.4, -0.2) is 79.7 Å². The summed E-state index contributed by atoms with van der Waals surface area (Å²) in [5.41, 5.74) is 0.793. The van der Waals surface area contributed by atoms with Crippen LogP contribution < -0.4 is 10.1 Å². The zero-order chi connectivity index (χ0) is 25.0. The summed E-state index contributed by atoms with van der Waals surface area (Å²) < 4.78 is 31.4. The van der Waals surface area contributed by atoms with Gasteiger partial charge in [0.1, 0.15) is 11.9 Å². The molecule has 1 aromatic rings. The molecule has 0 spiro atoms. The smallest absolute Gasteiger partial charge is 0.258 e. The highest BCUT2D eigenvalue weighted by Gasteiger charge is 2.34. The molecule has 190 valence electrons. The lowest BCUT2D eigenvalue weighted by Crippen LogP contribution is -2.50. The predicted molar refractivity (Wildman–Crippen MR) is 130 cm³/mol. The first-order valence-corrected chi connectivity index (χ1v) is 13.8. The van der Waals surface area contributed by atoms with E-state index in [1.54, 1.807) is 30.0 Å². The fourth-order valence-corrected chi connectivity index (χ4v) is 4.93. The van der Waals surface area contributed by atoms with Crippen molar-refractivity contribution in [3.63, 3.8) is 0 Å². The Morgan fingerprint density at radius 3 is 2.59 bits per heavy atom. The molecule has 0 aromatic heterocycles. The third-order valence-electron chi connectivity index (χ3n) is 6.91. The van der Waals surface area contributed by atoms with Gasteiger partial charge in [0.05, 0.1) is 31.0 Å². The third-order valence-corrected chi connectivity index (χ3v) is 8.19. The number of anilines is 1. The number of benzene rings is 1. The van der Waals surface area contributed by atoms with Crippen LogP contribution in [0.1, 0.15) is 56.3 Å². The maximum Gasteiger partial charge on any atom is 0.258 e. The second-order valence-electron chi connectivity index (χ2n) is 9.70. The van der Waals surface area contributed by atoms with Gasteiger partial charge in [-0.15, -0.1) is 0 Å². The number of rotatable bonds is 7. The maximum absolute atomic E-state index is 13.5. The number of ether oxygens (including phenoxy) is 1. The number of fused-ring (bicyclic) bond motifs is 1. The highest BCUT2D eigenvalue weighted by Crippen LogP contribution is 2.32. The third kappa shape index (κ3) is 6.28. The number of hydrogen-bond donors (Lipinski definition) is 2. The van der Waals surface area contributed by atoms with Gasteiger partial charge in [-0.3, -0.25) is 9.59 Å². The molecular weight excluding hydrogens is 458 g/mol. The Bertz CT molecular complexity index is 992. The molecule has 9 nitrogen and oxygen atoms in total. The van der Waals surface area contributed by atoms with E-state index in [-0.39, 0.29) is 42.4 Å². The van der Waals surface area contributed by atoms with E-state index in [4.69, 9.17) is 4.74 Å². The van der Waals surface area contributed by atoms with Crippen LogP contribution in [0.3, 0.4) is 0 Å². The van der Waals surface area contributed by atoms with Crippen molar-refractivity contribution in [2.45, 2.75) is 58.1 Å². The summed E-state index contributed by atoms with van der Waals surface area (Å²) in [5.74, 6) is -0.228. The molecule has 3 rings (SSSR count). The summed E-state index contributed by atoms with van der Waals surface area (Å²) in [4.78, 5) is 27.8. The molecule has 0 bridgehead atoms. The number of amides is 2. The van der Waals surface area contributed by atoms with Gasteiger partial charge in [-0.25, -0.2) is 12.7 Å².